The molecule has 0 radical (unpaired) electrons. The first-order valence-electron chi connectivity index (χ1n) is 5.97. The van der Waals surface area contributed by atoms with E-state index in [1.54, 1.807) is 0 Å². The number of nitrogens with zero attached hydrogens (tertiary/aromatic N) is 3. The predicted molar refractivity (Wildman–Crippen MR) is 60.0 cm³/mol. The summed E-state index contributed by atoms with van der Waals surface area (Å²) in [6.45, 7) is 2.97. The zero-order valence-corrected chi connectivity index (χ0v) is 9.65. The van der Waals surface area contributed by atoms with Gasteiger partial charge in [-0.2, -0.15) is 0 Å². The van der Waals surface area contributed by atoms with E-state index in [2.05, 4.69) is 17.2 Å². The molecule has 1 aliphatic carbocycles. The molecule has 5 heteroatoms. The van der Waals surface area contributed by atoms with Crippen LogP contribution in [0.5, 0.6) is 0 Å². The lowest BCUT2D eigenvalue weighted by Crippen LogP contribution is -2.21. The van der Waals surface area contributed by atoms with Gasteiger partial charge < -0.3 is 5.73 Å². The van der Waals surface area contributed by atoms with Crippen molar-refractivity contribution < 1.29 is 4.79 Å². The summed E-state index contributed by atoms with van der Waals surface area (Å²) in [4.78, 5) is 11.3. The predicted octanol–water partition coefficient (Wildman–Crippen LogP) is 1.44. The van der Waals surface area contributed by atoms with E-state index < -0.39 is 5.91 Å². The van der Waals surface area contributed by atoms with E-state index in [0.717, 1.165) is 37.9 Å². The Labute approximate surface area is 95.0 Å². The van der Waals surface area contributed by atoms with Crippen LogP contribution in [-0.4, -0.2) is 20.9 Å². The summed E-state index contributed by atoms with van der Waals surface area (Å²) in [5.41, 5.74) is 6.66. The van der Waals surface area contributed by atoms with Crippen molar-refractivity contribution in [1.29, 1.82) is 0 Å². The third-order valence-electron chi connectivity index (χ3n) is 3.22. The first-order valence-corrected chi connectivity index (χ1v) is 5.97. The number of carbonyl (C=O) groups is 1. The minimum Gasteiger partial charge on any atom is -0.364 e. The fraction of sp³-hybridized carbons (Fsp3) is 0.727. The van der Waals surface area contributed by atoms with Gasteiger partial charge in [-0.25, -0.2) is 4.68 Å². The van der Waals surface area contributed by atoms with Crippen LogP contribution in [0, 0.1) is 0 Å². The molecule has 0 aliphatic heterocycles. The van der Waals surface area contributed by atoms with E-state index >= 15 is 0 Å². The molecule has 0 unspecified atom stereocenters. The average Bonchev–Trinajstić information content (AvgIpc) is 2.56. The van der Waals surface area contributed by atoms with Crippen LogP contribution in [0.4, 0.5) is 0 Å². The molecule has 1 aromatic heterocycles. The number of rotatable bonds is 5. The Balaban J connectivity index is 2.25. The molecule has 2 rings (SSSR count). The third kappa shape index (κ3) is 1.94. The van der Waals surface area contributed by atoms with Gasteiger partial charge in [0.15, 0.2) is 5.69 Å². The minimum atomic E-state index is -0.454. The van der Waals surface area contributed by atoms with Crippen molar-refractivity contribution in [3.05, 3.63) is 11.4 Å². The lowest BCUT2D eigenvalue weighted by Gasteiger charge is -2.26. The van der Waals surface area contributed by atoms with Gasteiger partial charge >= 0.3 is 0 Å². The fourth-order valence-corrected chi connectivity index (χ4v) is 2.05. The number of aryl methyl sites for hydroxylation is 1. The van der Waals surface area contributed by atoms with Crippen LogP contribution in [0.1, 0.15) is 61.1 Å². The Hall–Kier alpha value is -1.39. The molecular formula is C11H18N4O. The highest BCUT2D eigenvalue weighted by Gasteiger charge is 2.29. The van der Waals surface area contributed by atoms with Crippen molar-refractivity contribution in [3.8, 4) is 0 Å². The molecule has 1 fully saturated rings. The van der Waals surface area contributed by atoms with E-state index in [0.29, 0.717) is 11.6 Å². The molecule has 5 nitrogen and oxygen atoms in total. The van der Waals surface area contributed by atoms with Gasteiger partial charge in [0.1, 0.15) is 0 Å². The van der Waals surface area contributed by atoms with Gasteiger partial charge in [-0.3, -0.25) is 4.79 Å². The number of aromatic nitrogens is 3. The number of hydrogen-bond acceptors (Lipinski definition) is 3. The van der Waals surface area contributed by atoms with Crippen molar-refractivity contribution in [3.63, 3.8) is 0 Å². The molecule has 0 atom stereocenters. The van der Waals surface area contributed by atoms with Crippen LogP contribution in [0.25, 0.3) is 0 Å². The van der Waals surface area contributed by atoms with Gasteiger partial charge in [0.05, 0.1) is 5.69 Å². The summed E-state index contributed by atoms with van der Waals surface area (Å²) in [5.74, 6) is -0.0148. The summed E-state index contributed by atoms with van der Waals surface area (Å²) in [6.07, 6.45) is 5.64. The highest BCUT2D eigenvalue weighted by Crippen LogP contribution is 2.37. The first-order chi connectivity index (χ1) is 7.74. The van der Waals surface area contributed by atoms with Crippen LogP contribution < -0.4 is 5.73 Å². The summed E-state index contributed by atoms with van der Waals surface area (Å²) in [7, 11) is 0. The maximum atomic E-state index is 11.3. The average molecular weight is 222 g/mol. The van der Waals surface area contributed by atoms with E-state index in [1.165, 1.54) is 6.42 Å². The SMILES string of the molecule is CCCCn1nnc(C(N)=O)c1C1CCC1. The number of primary amides is 1. The van der Waals surface area contributed by atoms with Crippen molar-refractivity contribution in [2.24, 2.45) is 5.73 Å². The minimum absolute atomic E-state index is 0.376. The van der Waals surface area contributed by atoms with Gasteiger partial charge in [0.25, 0.3) is 5.91 Å². The molecule has 0 saturated heterocycles. The van der Waals surface area contributed by atoms with Gasteiger partial charge in [-0.05, 0) is 19.3 Å². The first kappa shape index (κ1) is 11.1. The molecular weight excluding hydrogens is 204 g/mol. The topological polar surface area (TPSA) is 73.8 Å². The van der Waals surface area contributed by atoms with E-state index in [9.17, 15) is 4.79 Å². The third-order valence-corrected chi connectivity index (χ3v) is 3.22. The molecule has 1 heterocycles. The zero-order chi connectivity index (χ0) is 11.5. The Morgan fingerprint density at radius 1 is 1.56 bits per heavy atom. The second kappa shape index (κ2) is 4.63. The summed E-state index contributed by atoms with van der Waals surface area (Å²) >= 11 is 0. The quantitative estimate of drug-likeness (QED) is 0.819. The Bertz CT molecular complexity index is 381. The lowest BCUT2D eigenvalue weighted by molar-refractivity contribution is 0.0993. The van der Waals surface area contributed by atoms with Gasteiger partial charge in [0, 0.05) is 12.5 Å². The van der Waals surface area contributed by atoms with Crippen molar-refractivity contribution in [2.45, 2.75) is 51.5 Å². The Kier molecular flexibility index (Phi) is 3.22. The Morgan fingerprint density at radius 3 is 2.81 bits per heavy atom. The molecule has 1 aliphatic rings. The molecule has 1 aromatic rings. The molecule has 0 spiro atoms. The number of amides is 1. The van der Waals surface area contributed by atoms with Gasteiger partial charge in [-0.1, -0.05) is 25.0 Å². The number of nitrogens with two attached hydrogens (primary N) is 1. The van der Waals surface area contributed by atoms with Crippen LogP contribution in [0.3, 0.4) is 0 Å². The lowest BCUT2D eigenvalue weighted by atomic mass is 9.82. The van der Waals surface area contributed by atoms with Crippen LogP contribution in [0.2, 0.25) is 0 Å². The zero-order valence-electron chi connectivity index (χ0n) is 9.65. The largest absolute Gasteiger partial charge is 0.364 e. The van der Waals surface area contributed by atoms with Gasteiger partial charge in [-0.15, -0.1) is 5.10 Å². The molecule has 1 saturated carbocycles. The number of carbonyl (C=O) groups excluding carboxylic acids is 1. The second-order valence-corrected chi connectivity index (χ2v) is 4.39. The molecule has 88 valence electrons. The Morgan fingerprint density at radius 2 is 2.31 bits per heavy atom. The van der Waals surface area contributed by atoms with E-state index in [-0.39, 0.29) is 0 Å². The molecule has 0 bridgehead atoms. The molecule has 16 heavy (non-hydrogen) atoms. The van der Waals surface area contributed by atoms with Crippen LogP contribution >= 0.6 is 0 Å². The van der Waals surface area contributed by atoms with Crippen molar-refractivity contribution in [2.75, 3.05) is 0 Å². The monoisotopic (exact) mass is 222 g/mol. The summed E-state index contributed by atoms with van der Waals surface area (Å²) in [6, 6.07) is 0. The normalized spacial score (nSPS) is 16.1. The standard InChI is InChI=1S/C11H18N4O/c1-2-3-7-15-10(8-5-4-6-8)9(11(12)16)13-14-15/h8H,2-7H2,1H3,(H2,12,16). The van der Waals surface area contributed by atoms with E-state index in [1.807, 2.05) is 4.68 Å². The maximum absolute atomic E-state index is 11.3. The van der Waals surface area contributed by atoms with Crippen LogP contribution in [0.15, 0.2) is 0 Å². The smallest absolute Gasteiger partial charge is 0.271 e. The number of unbranched alkanes of at least 4 members (excludes halogenated alkanes) is 1. The van der Waals surface area contributed by atoms with Crippen molar-refractivity contribution >= 4 is 5.91 Å². The summed E-state index contributed by atoms with van der Waals surface area (Å²) < 4.78 is 1.87. The molecule has 0 aromatic carbocycles. The fourth-order valence-electron chi connectivity index (χ4n) is 2.05. The van der Waals surface area contributed by atoms with Crippen LogP contribution in [-0.2, 0) is 6.54 Å². The van der Waals surface area contributed by atoms with Crippen molar-refractivity contribution in [1.82, 2.24) is 15.0 Å². The maximum Gasteiger partial charge on any atom is 0.271 e. The highest BCUT2D eigenvalue weighted by atomic mass is 16.1. The molecule has 1 amide bonds. The number of hydrogen-bond donors (Lipinski definition) is 1. The molecule has 2 N–H and O–H groups in total. The van der Waals surface area contributed by atoms with E-state index in [4.69, 9.17) is 5.73 Å². The highest BCUT2D eigenvalue weighted by molar-refractivity contribution is 5.92. The van der Waals surface area contributed by atoms with Gasteiger partial charge in [0.2, 0.25) is 0 Å². The summed E-state index contributed by atoms with van der Waals surface area (Å²) in [5, 5.41) is 7.95. The second-order valence-electron chi connectivity index (χ2n) is 4.39.